The van der Waals surface area contributed by atoms with E-state index in [2.05, 4.69) is 0 Å². The van der Waals surface area contributed by atoms with E-state index in [9.17, 15) is 8.42 Å². The lowest BCUT2D eigenvalue weighted by molar-refractivity contribution is 0.0572. The summed E-state index contributed by atoms with van der Waals surface area (Å²) in [6.45, 7) is 0.897. The van der Waals surface area contributed by atoms with Gasteiger partial charge < -0.3 is 4.74 Å². The van der Waals surface area contributed by atoms with Gasteiger partial charge in [-0.15, -0.1) is 0 Å². The standard InChI is InChI=1S/C6H14N2O3S/c1-11-6-3-2-4-8(5-6)12(7,9)10/h6H,2-5H2,1H3,(H2,7,9,10). The first-order valence-corrected chi connectivity index (χ1v) is 5.35. The van der Waals surface area contributed by atoms with Crippen molar-refractivity contribution in [3.8, 4) is 0 Å². The highest BCUT2D eigenvalue weighted by atomic mass is 32.2. The van der Waals surface area contributed by atoms with E-state index >= 15 is 0 Å². The smallest absolute Gasteiger partial charge is 0.276 e. The van der Waals surface area contributed by atoms with Crippen molar-refractivity contribution in [2.24, 2.45) is 5.14 Å². The van der Waals surface area contributed by atoms with Gasteiger partial charge in [0.05, 0.1) is 6.10 Å². The van der Waals surface area contributed by atoms with Gasteiger partial charge in [0, 0.05) is 20.2 Å². The van der Waals surface area contributed by atoms with Crippen LogP contribution in [0, 0.1) is 0 Å². The molecule has 0 aliphatic carbocycles. The number of nitrogens with zero attached hydrogens (tertiary/aromatic N) is 1. The Hall–Kier alpha value is -0.170. The normalized spacial score (nSPS) is 27.3. The molecule has 1 aliphatic heterocycles. The number of hydrogen-bond acceptors (Lipinski definition) is 3. The largest absolute Gasteiger partial charge is 0.380 e. The van der Waals surface area contributed by atoms with Crippen LogP contribution in [0.4, 0.5) is 0 Å². The predicted octanol–water partition coefficient (Wildman–Crippen LogP) is -0.699. The Morgan fingerprint density at radius 2 is 2.25 bits per heavy atom. The van der Waals surface area contributed by atoms with Crippen molar-refractivity contribution in [1.29, 1.82) is 0 Å². The van der Waals surface area contributed by atoms with Crippen LogP contribution >= 0.6 is 0 Å². The zero-order valence-corrected chi connectivity index (χ0v) is 7.88. The molecule has 0 saturated carbocycles. The molecule has 1 heterocycles. The molecule has 0 aromatic carbocycles. The molecule has 0 aromatic heterocycles. The molecule has 1 atom stereocenters. The summed E-state index contributed by atoms with van der Waals surface area (Å²) in [5.41, 5.74) is 0. The summed E-state index contributed by atoms with van der Waals surface area (Å²) in [5.74, 6) is 0. The number of ether oxygens (including phenoxy) is 1. The molecule has 0 bridgehead atoms. The summed E-state index contributed by atoms with van der Waals surface area (Å²) in [5, 5.41) is 4.97. The first-order chi connectivity index (χ1) is 5.54. The summed E-state index contributed by atoms with van der Waals surface area (Å²) >= 11 is 0. The second-order valence-corrected chi connectivity index (χ2v) is 4.45. The molecule has 1 saturated heterocycles. The van der Waals surface area contributed by atoms with E-state index in [1.165, 1.54) is 4.31 Å². The molecule has 1 fully saturated rings. The minimum Gasteiger partial charge on any atom is -0.380 e. The molecule has 6 heteroatoms. The van der Waals surface area contributed by atoms with Crippen molar-refractivity contribution < 1.29 is 13.2 Å². The van der Waals surface area contributed by atoms with E-state index in [4.69, 9.17) is 9.88 Å². The Bertz CT molecular complexity index is 239. The van der Waals surface area contributed by atoms with Crippen LogP contribution in [0.15, 0.2) is 0 Å². The maximum absolute atomic E-state index is 10.9. The summed E-state index contributed by atoms with van der Waals surface area (Å²) in [6, 6.07) is 0. The molecule has 1 rings (SSSR count). The van der Waals surface area contributed by atoms with Crippen LogP contribution in [-0.4, -0.2) is 39.0 Å². The predicted molar refractivity (Wildman–Crippen MR) is 44.7 cm³/mol. The van der Waals surface area contributed by atoms with Gasteiger partial charge >= 0.3 is 0 Å². The van der Waals surface area contributed by atoms with Crippen LogP contribution in [0.3, 0.4) is 0 Å². The first kappa shape index (κ1) is 9.91. The van der Waals surface area contributed by atoms with Crippen LogP contribution in [0.5, 0.6) is 0 Å². The van der Waals surface area contributed by atoms with Crippen molar-refractivity contribution in [3.63, 3.8) is 0 Å². The summed E-state index contributed by atoms with van der Waals surface area (Å²) in [6.07, 6.45) is 1.72. The van der Waals surface area contributed by atoms with Crippen LogP contribution < -0.4 is 5.14 Å². The Morgan fingerprint density at radius 3 is 2.75 bits per heavy atom. The van der Waals surface area contributed by atoms with Crippen molar-refractivity contribution >= 4 is 10.2 Å². The monoisotopic (exact) mass is 194 g/mol. The summed E-state index contributed by atoms with van der Waals surface area (Å²) in [4.78, 5) is 0. The second-order valence-electron chi connectivity index (χ2n) is 2.90. The van der Waals surface area contributed by atoms with Gasteiger partial charge in [0.2, 0.25) is 0 Å². The van der Waals surface area contributed by atoms with Crippen molar-refractivity contribution in [1.82, 2.24) is 4.31 Å². The fourth-order valence-corrected chi connectivity index (χ4v) is 2.09. The van der Waals surface area contributed by atoms with Gasteiger partial charge in [-0.3, -0.25) is 0 Å². The Morgan fingerprint density at radius 1 is 1.58 bits per heavy atom. The Balaban J connectivity index is 2.58. The highest BCUT2D eigenvalue weighted by Gasteiger charge is 2.25. The summed E-state index contributed by atoms with van der Waals surface area (Å²) in [7, 11) is -1.93. The Labute approximate surface area is 72.7 Å². The van der Waals surface area contributed by atoms with E-state index in [1.54, 1.807) is 7.11 Å². The van der Waals surface area contributed by atoms with Crippen LogP contribution in [-0.2, 0) is 14.9 Å². The van der Waals surface area contributed by atoms with Gasteiger partial charge in [0.25, 0.3) is 10.2 Å². The molecular weight excluding hydrogens is 180 g/mol. The lowest BCUT2D eigenvalue weighted by Gasteiger charge is -2.29. The molecule has 0 amide bonds. The quantitative estimate of drug-likeness (QED) is 0.632. The second kappa shape index (κ2) is 3.69. The van der Waals surface area contributed by atoms with E-state index < -0.39 is 10.2 Å². The molecule has 1 aliphatic rings. The van der Waals surface area contributed by atoms with Gasteiger partial charge in [-0.1, -0.05) is 0 Å². The minimum absolute atomic E-state index is 0.00271. The average molecular weight is 194 g/mol. The van der Waals surface area contributed by atoms with Crippen molar-refractivity contribution in [3.05, 3.63) is 0 Å². The highest BCUT2D eigenvalue weighted by Crippen LogP contribution is 2.13. The summed E-state index contributed by atoms with van der Waals surface area (Å²) < 4.78 is 28.1. The van der Waals surface area contributed by atoms with Crippen molar-refractivity contribution in [2.75, 3.05) is 20.2 Å². The highest BCUT2D eigenvalue weighted by molar-refractivity contribution is 7.86. The molecule has 0 spiro atoms. The van der Waals surface area contributed by atoms with E-state index in [0.29, 0.717) is 13.1 Å². The van der Waals surface area contributed by atoms with E-state index in [-0.39, 0.29) is 6.10 Å². The third kappa shape index (κ3) is 2.41. The van der Waals surface area contributed by atoms with Crippen LogP contribution in [0.2, 0.25) is 0 Å². The lowest BCUT2D eigenvalue weighted by Crippen LogP contribution is -2.45. The molecule has 72 valence electrons. The Kier molecular flexibility index (Phi) is 3.05. The fourth-order valence-electron chi connectivity index (χ4n) is 1.33. The van der Waals surface area contributed by atoms with Gasteiger partial charge in [-0.2, -0.15) is 12.7 Å². The third-order valence-corrected chi connectivity index (χ3v) is 3.09. The lowest BCUT2D eigenvalue weighted by atomic mass is 10.1. The fraction of sp³-hybridized carbons (Fsp3) is 1.00. The third-order valence-electron chi connectivity index (χ3n) is 2.03. The van der Waals surface area contributed by atoms with Crippen molar-refractivity contribution in [2.45, 2.75) is 18.9 Å². The first-order valence-electron chi connectivity index (χ1n) is 3.84. The number of piperidine rings is 1. The SMILES string of the molecule is COC1CCCN(S(N)(=O)=O)C1. The molecule has 0 radical (unpaired) electrons. The van der Waals surface area contributed by atoms with E-state index in [1.807, 2.05) is 0 Å². The molecule has 0 aromatic rings. The minimum atomic E-state index is -3.52. The van der Waals surface area contributed by atoms with Crippen LogP contribution in [0.1, 0.15) is 12.8 Å². The number of rotatable bonds is 2. The zero-order valence-electron chi connectivity index (χ0n) is 7.06. The number of nitrogens with two attached hydrogens (primary N) is 1. The van der Waals surface area contributed by atoms with Crippen LogP contribution in [0.25, 0.3) is 0 Å². The zero-order chi connectivity index (χ0) is 9.19. The molecule has 5 nitrogen and oxygen atoms in total. The van der Waals surface area contributed by atoms with Gasteiger partial charge in [-0.25, -0.2) is 5.14 Å². The average Bonchev–Trinajstić information content (AvgIpc) is 2.03. The molecule has 12 heavy (non-hydrogen) atoms. The van der Waals surface area contributed by atoms with Gasteiger partial charge in [0.1, 0.15) is 0 Å². The van der Waals surface area contributed by atoms with Gasteiger partial charge in [-0.05, 0) is 12.8 Å². The molecule has 2 N–H and O–H groups in total. The maximum Gasteiger partial charge on any atom is 0.276 e. The number of hydrogen-bond donors (Lipinski definition) is 1. The molecular formula is C6H14N2O3S. The maximum atomic E-state index is 10.9. The molecule has 1 unspecified atom stereocenters. The van der Waals surface area contributed by atoms with E-state index in [0.717, 1.165) is 12.8 Å². The topological polar surface area (TPSA) is 72.6 Å². The van der Waals surface area contributed by atoms with Gasteiger partial charge in [0.15, 0.2) is 0 Å². The number of methoxy groups -OCH3 is 1.